The standard InChI is InChI=1S/C23H22N4O3/c1-30-19-5-6-22-20(14-19)21(15-25-22)16-8-11-26(12-9-16)23(7-10-24)17-3-2-4-18(13-17)27(28)29/h2-7,13-16,25H,8-9,11-12H2,1H3/b23-7+. The lowest BCUT2D eigenvalue weighted by molar-refractivity contribution is -0.384. The third-order valence-electron chi connectivity index (χ3n) is 5.75. The molecule has 7 heteroatoms. The molecular formula is C23H22N4O3. The van der Waals surface area contributed by atoms with E-state index in [2.05, 4.69) is 28.2 Å². The number of hydrogen-bond acceptors (Lipinski definition) is 5. The number of nitro benzene ring substituents is 1. The number of nitrogens with one attached hydrogen (secondary N) is 1. The highest BCUT2D eigenvalue weighted by molar-refractivity contribution is 5.85. The first-order valence-electron chi connectivity index (χ1n) is 9.85. The molecule has 0 atom stereocenters. The maximum Gasteiger partial charge on any atom is 0.270 e. The maximum atomic E-state index is 11.1. The minimum Gasteiger partial charge on any atom is -0.497 e. The van der Waals surface area contributed by atoms with Crippen molar-refractivity contribution in [3.63, 3.8) is 0 Å². The van der Waals surface area contributed by atoms with Crippen LogP contribution in [0.25, 0.3) is 16.6 Å². The molecule has 1 aliphatic rings. The SMILES string of the molecule is COc1ccc2[nH]cc(C3CCN(/C(=C/C#N)c4cccc([N+](=O)[O-])c4)CC3)c2c1. The van der Waals surface area contributed by atoms with E-state index >= 15 is 0 Å². The van der Waals surface area contributed by atoms with E-state index in [0.29, 0.717) is 11.5 Å². The number of nitrogens with zero attached hydrogens (tertiary/aromatic N) is 3. The van der Waals surface area contributed by atoms with Crippen molar-refractivity contribution in [3.8, 4) is 11.8 Å². The number of nitro groups is 1. The van der Waals surface area contributed by atoms with Gasteiger partial charge in [-0.15, -0.1) is 0 Å². The van der Waals surface area contributed by atoms with E-state index in [1.165, 1.54) is 29.2 Å². The molecule has 30 heavy (non-hydrogen) atoms. The summed E-state index contributed by atoms with van der Waals surface area (Å²) in [5, 5.41) is 21.6. The number of nitriles is 1. The molecular weight excluding hydrogens is 380 g/mol. The molecule has 0 unspecified atom stereocenters. The van der Waals surface area contributed by atoms with Gasteiger partial charge in [0.2, 0.25) is 0 Å². The zero-order valence-corrected chi connectivity index (χ0v) is 16.7. The van der Waals surface area contributed by atoms with Crippen molar-refractivity contribution < 1.29 is 9.66 Å². The highest BCUT2D eigenvalue weighted by atomic mass is 16.6. The molecule has 0 aliphatic carbocycles. The van der Waals surface area contributed by atoms with Crippen LogP contribution in [-0.4, -0.2) is 35.0 Å². The van der Waals surface area contributed by atoms with Gasteiger partial charge in [0.15, 0.2) is 0 Å². The first kappa shape index (κ1) is 19.5. The number of likely N-dealkylation sites (tertiary alicyclic amines) is 1. The van der Waals surface area contributed by atoms with Crippen LogP contribution in [0.2, 0.25) is 0 Å². The van der Waals surface area contributed by atoms with E-state index in [-0.39, 0.29) is 5.69 Å². The lowest BCUT2D eigenvalue weighted by Crippen LogP contribution is -2.31. The first-order chi connectivity index (χ1) is 14.6. The predicted octanol–water partition coefficient (Wildman–Crippen LogP) is 4.83. The molecule has 1 N–H and O–H groups in total. The highest BCUT2D eigenvalue weighted by Gasteiger charge is 2.25. The molecule has 1 aromatic heterocycles. The normalized spacial score (nSPS) is 15.2. The Kier molecular flexibility index (Phi) is 5.40. The van der Waals surface area contributed by atoms with Crippen molar-refractivity contribution in [1.29, 1.82) is 5.26 Å². The molecule has 1 fully saturated rings. The summed E-state index contributed by atoms with van der Waals surface area (Å²) in [6.07, 6.45) is 5.43. The number of non-ortho nitro benzene ring substituents is 1. The van der Waals surface area contributed by atoms with Gasteiger partial charge in [0.1, 0.15) is 5.75 Å². The Balaban J connectivity index is 1.55. The number of aromatic amines is 1. The largest absolute Gasteiger partial charge is 0.497 e. The van der Waals surface area contributed by atoms with Crippen molar-refractivity contribution in [2.24, 2.45) is 0 Å². The molecule has 0 amide bonds. The molecule has 152 valence electrons. The van der Waals surface area contributed by atoms with E-state index < -0.39 is 4.92 Å². The Morgan fingerprint density at radius 2 is 2.10 bits per heavy atom. The molecule has 0 saturated carbocycles. The van der Waals surface area contributed by atoms with Gasteiger partial charge in [-0.05, 0) is 42.5 Å². The monoisotopic (exact) mass is 402 g/mol. The number of aromatic nitrogens is 1. The van der Waals surface area contributed by atoms with Crippen molar-refractivity contribution >= 4 is 22.3 Å². The summed E-state index contributed by atoms with van der Waals surface area (Å²) >= 11 is 0. The van der Waals surface area contributed by atoms with E-state index in [1.807, 2.05) is 18.2 Å². The van der Waals surface area contributed by atoms with Crippen LogP contribution in [0.1, 0.15) is 29.9 Å². The summed E-state index contributed by atoms with van der Waals surface area (Å²) in [5.41, 5.74) is 3.83. The fourth-order valence-electron chi connectivity index (χ4n) is 4.21. The van der Waals surface area contributed by atoms with Gasteiger partial charge in [-0.1, -0.05) is 12.1 Å². The van der Waals surface area contributed by atoms with E-state index in [9.17, 15) is 15.4 Å². The number of hydrogen-bond donors (Lipinski definition) is 1. The number of rotatable bonds is 5. The molecule has 4 rings (SSSR count). The fourth-order valence-corrected chi connectivity index (χ4v) is 4.21. The number of allylic oxidation sites excluding steroid dienone is 1. The molecule has 1 saturated heterocycles. The zero-order valence-electron chi connectivity index (χ0n) is 16.7. The number of ether oxygens (including phenoxy) is 1. The lowest BCUT2D eigenvalue weighted by atomic mass is 9.88. The van der Waals surface area contributed by atoms with Crippen LogP contribution in [0.15, 0.2) is 54.7 Å². The number of piperidine rings is 1. The minimum absolute atomic E-state index is 0.0268. The first-order valence-corrected chi connectivity index (χ1v) is 9.85. The van der Waals surface area contributed by atoms with Crippen LogP contribution in [0.5, 0.6) is 5.75 Å². The lowest BCUT2D eigenvalue weighted by Gasteiger charge is -2.35. The average molecular weight is 402 g/mol. The van der Waals surface area contributed by atoms with Crippen LogP contribution in [0, 0.1) is 21.4 Å². The summed E-state index contributed by atoms with van der Waals surface area (Å²) in [6.45, 7) is 1.55. The van der Waals surface area contributed by atoms with Crippen LogP contribution in [0.4, 0.5) is 5.69 Å². The van der Waals surface area contributed by atoms with Crippen LogP contribution in [0.3, 0.4) is 0 Å². The van der Waals surface area contributed by atoms with Crippen molar-refractivity contribution in [3.05, 3.63) is 76.0 Å². The van der Waals surface area contributed by atoms with Crippen molar-refractivity contribution in [1.82, 2.24) is 9.88 Å². The summed E-state index contributed by atoms with van der Waals surface area (Å²) < 4.78 is 5.38. The topological polar surface area (TPSA) is 95.2 Å². The third kappa shape index (κ3) is 3.72. The third-order valence-corrected chi connectivity index (χ3v) is 5.75. The second kappa shape index (κ2) is 8.29. The zero-order chi connectivity index (χ0) is 21.1. The Morgan fingerprint density at radius 1 is 1.30 bits per heavy atom. The van der Waals surface area contributed by atoms with E-state index in [4.69, 9.17) is 4.74 Å². The van der Waals surface area contributed by atoms with E-state index in [0.717, 1.165) is 42.9 Å². The maximum absolute atomic E-state index is 11.1. The average Bonchev–Trinajstić information content (AvgIpc) is 3.21. The molecule has 0 bridgehead atoms. The van der Waals surface area contributed by atoms with Gasteiger partial charge in [-0.3, -0.25) is 10.1 Å². The number of fused-ring (bicyclic) bond motifs is 1. The Bertz CT molecular complexity index is 1150. The van der Waals surface area contributed by atoms with Gasteiger partial charge in [0.05, 0.1) is 23.8 Å². The summed E-state index contributed by atoms with van der Waals surface area (Å²) in [4.78, 5) is 16.2. The molecule has 1 aliphatic heterocycles. The van der Waals surface area contributed by atoms with Crippen molar-refractivity contribution in [2.75, 3.05) is 20.2 Å². The Hall–Kier alpha value is -3.79. The summed E-state index contributed by atoms with van der Waals surface area (Å²) in [5.74, 6) is 1.24. The van der Waals surface area contributed by atoms with Crippen LogP contribution < -0.4 is 4.74 Å². The predicted molar refractivity (Wildman–Crippen MR) is 115 cm³/mol. The number of methoxy groups -OCH3 is 1. The number of H-pyrrole nitrogens is 1. The van der Waals surface area contributed by atoms with E-state index in [1.54, 1.807) is 13.2 Å². The fraction of sp³-hybridized carbons (Fsp3) is 0.261. The second-order valence-corrected chi connectivity index (χ2v) is 7.38. The molecule has 3 aromatic rings. The van der Waals surface area contributed by atoms with Crippen molar-refractivity contribution in [2.45, 2.75) is 18.8 Å². The molecule has 2 aromatic carbocycles. The van der Waals surface area contributed by atoms with Gasteiger partial charge < -0.3 is 14.6 Å². The van der Waals surface area contributed by atoms with Gasteiger partial charge in [-0.25, -0.2) is 0 Å². The molecule has 0 spiro atoms. The van der Waals surface area contributed by atoms with Crippen LogP contribution in [-0.2, 0) is 0 Å². The highest BCUT2D eigenvalue weighted by Crippen LogP contribution is 2.36. The molecule has 0 radical (unpaired) electrons. The summed E-state index contributed by atoms with van der Waals surface area (Å²) in [6, 6.07) is 14.6. The molecule has 2 heterocycles. The van der Waals surface area contributed by atoms with Crippen LogP contribution >= 0.6 is 0 Å². The second-order valence-electron chi connectivity index (χ2n) is 7.38. The van der Waals surface area contributed by atoms with Gasteiger partial charge in [0, 0.05) is 54.0 Å². The van der Waals surface area contributed by atoms with Gasteiger partial charge in [-0.2, -0.15) is 5.26 Å². The Morgan fingerprint density at radius 3 is 2.80 bits per heavy atom. The smallest absolute Gasteiger partial charge is 0.270 e. The summed E-state index contributed by atoms with van der Waals surface area (Å²) in [7, 11) is 1.67. The minimum atomic E-state index is -0.412. The Labute approximate surface area is 174 Å². The quantitative estimate of drug-likeness (QED) is 0.375. The number of benzene rings is 2. The molecule has 7 nitrogen and oxygen atoms in total. The van der Waals surface area contributed by atoms with Gasteiger partial charge >= 0.3 is 0 Å². The van der Waals surface area contributed by atoms with Gasteiger partial charge in [0.25, 0.3) is 5.69 Å².